The molecule has 92 valence electrons. The maximum absolute atomic E-state index is 11.9. The molecular weight excluding hydrogens is 280 g/mol. The zero-order valence-corrected chi connectivity index (χ0v) is 11.5. The van der Waals surface area contributed by atoms with Crippen molar-refractivity contribution < 1.29 is 4.79 Å². The molecule has 0 aliphatic carbocycles. The average Bonchev–Trinajstić information content (AvgIpc) is 2.70. The quantitative estimate of drug-likeness (QED) is 0.869. The average molecular weight is 297 g/mol. The second-order valence-corrected chi connectivity index (χ2v) is 5.20. The van der Waals surface area contributed by atoms with E-state index in [1.54, 1.807) is 0 Å². The molecule has 1 aromatic carbocycles. The normalized spacial score (nSPS) is 20.1. The first-order valence-electron chi connectivity index (χ1n) is 5.81. The van der Waals surface area contributed by atoms with Gasteiger partial charge in [0.2, 0.25) is 5.91 Å². The van der Waals surface area contributed by atoms with Crippen LogP contribution in [-0.2, 0) is 11.3 Å². The summed E-state index contributed by atoms with van der Waals surface area (Å²) in [5, 5.41) is 0.884. The number of benzene rings is 1. The lowest BCUT2D eigenvalue weighted by Gasteiger charge is -2.19. The summed E-state index contributed by atoms with van der Waals surface area (Å²) >= 11 is 3.45. The summed E-state index contributed by atoms with van der Waals surface area (Å²) in [6, 6.07) is 6.06. The maximum Gasteiger partial charge on any atom is 0.227 e. The molecule has 1 unspecified atom stereocenters. The second kappa shape index (κ2) is 5.19. The molecule has 0 spiro atoms. The van der Waals surface area contributed by atoms with Crippen LogP contribution in [0.5, 0.6) is 0 Å². The molecular formula is C13H17BrN2O. The van der Waals surface area contributed by atoms with Crippen molar-refractivity contribution in [2.75, 3.05) is 16.8 Å². The zero-order chi connectivity index (χ0) is 12.4. The highest BCUT2D eigenvalue weighted by Crippen LogP contribution is 2.29. The van der Waals surface area contributed by atoms with Gasteiger partial charge in [0.05, 0.1) is 0 Å². The van der Waals surface area contributed by atoms with Gasteiger partial charge in [0.15, 0.2) is 0 Å². The molecule has 0 aromatic heterocycles. The van der Waals surface area contributed by atoms with Crippen LogP contribution >= 0.6 is 15.9 Å². The summed E-state index contributed by atoms with van der Waals surface area (Å²) in [7, 11) is 0. The van der Waals surface area contributed by atoms with Crippen LogP contribution in [-0.4, -0.2) is 17.8 Å². The fourth-order valence-corrected chi connectivity index (χ4v) is 2.70. The van der Waals surface area contributed by atoms with Crippen LogP contribution in [0.25, 0.3) is 0 Å². The minimum Gasteiger partial charge on any atom is -0.326 e. The van der Waals surface area contributed by atoms with E-state index in [4.69, 9.17) is 5.73 Å². The molecule has 1 aliphatic rings. The van der Waals surface area contributed by atoms with Crippen LogP contribution in [0.2, 0.25) is 0 Å². The number of hydrogen-bond donors (Lipinski definition) is 1. The van der Waals surface area contributed by atoms with Gasteiger partial charge in [0.25, 0.3) is 0 Å². The third-order valence-electron chi connectivity index (χ3n) is 3.21. The number of alkyl halides is 1. The predicted molar refractivity (Wildman–Crippen MR) is 73.3 cm³/mol. The molecule has 1 amide bonds. The third kappa shape index (κ3) is 2.53. The smallest absolute Gasteiger partial charge is 0.227 e. The van der Waals surface area contributed by atoms with Crippen LogP contribution in [0.3, 0.4) is 0 Å². The Bertz CT molecular complexity index is 433. The van der Waals surface area contributed by atoms with E-state index >= 15 is 0 Å². The Morgan fingerprint density at radius 3 is 2.82 bits per heavy atom. The Morgan fingerprint density at radius 1 is 1.53 bits per heavy atom. The fourth-order valence-electron chi connectivity index (χ4n) is 2.27. The fraction of sp³-hybridized carbons (Fsp3) is 0.462. The van der Waals surface area contributed by atoms with Crippen molar-refractivity contribution in [3.05, 3.63) is 29.3 Å². The van der Waals surface area contributed by atoms with Gasteiger partial charge in [-0.05, 0) is 30.0 Å². The van der Waals surface area contributed by atoms with E-state index in [0.717, 1.165) is 28.7 Å². The van der Waals surface area contributed by atoms with E-state index in [1.807, 2.05) is 24.0 Å². The van der Waals surface area contributed by atoms with E-state index < -0.39 is 0 Å². The minimum absolute atomic E-state index is 0.220. The van der Waals surface area contributed by atoms with Crippen molar-refractivity contribution in [3.63, 3.8) is 0 Å². The van der Waals surface area contributed by atoms with E-state index in [0.29, 0.717) is 18.9 Å². The van der Waals surface area contributed by atoms with E-state index in [2.05, 4.69) is 22.0 Å². The Kier molecular flexibility index (Phi) is 3.84. The number of aryl methyl sites for hydroxylation is 1. The zero-order valence-electron chi connectivity index (χ0n) is 9.95. The molecule has 1 fully saturated rings. The maximum atomic E-state index is 11.9. The lowest BCUT2D eigenvalue weighted by molar-refractivity contribution is -0.117. The van der Waals surface area contributed by atoms with E-state index in [1.165, 1.54) is 0 Å². The molecule has 0 bridgehead atoms. The molecule has 1 heterocycles. The van der Waals surface area contributed by atoms with Crippen molar-refractivity contribution >= 4 is 27.5 Å². The highest BCUT2D eigenvalue weighted by atomic mass is 79.9. The van der Waals surface area contributed by atoms with Gasteiger partial charge in [-0.25, -0.2) is 0 Å². The minimum atomic E-state index is 0.220. The first-order chi connectivity index (χ1) is 8.15. The van der Waals surface area contributed by atoms with Gasteiger partial charge in [-0.2, -0.15) is 0 Å². The Balaban J connectivity index is 2.26. The van der Waals surface area contributed by atoms with Crippen molar-refractivity contribution in [1.82, 2.24) is 0 Å². The van der Waals surface area contributed by atoms with Crippen LogP contribution in [0.1, 0.15) is 17.5 Å². The number of carbonyl (C=O) groups is 1. The van der Waals surface area contributed by atoms with Gasteiger partial charge >= 0.3 is 0 Å². The first kappa shape index (κ1) is 12.6. The Labute approximate surface area is 110 Å². The van der Waals surface area contributed by atoms with Crippen LogP contribution in [0.4, 0.5) is 5.69 Å². The number of rotatable bonds is 3. The van der Waals surface area contributed by atoms with Gasteiger partial charge in [-0.1, -0.05) is 28.1 Å². The number of amides is 1. The molecule has 0 radical (unpaired) electrons. The van der Waals surface area contributed by atoms with Crippen molar-refractivity contribution in [2.45, 2.75) is 19.9 Å². The molecule has 1 aliphatic heterocycles. The number of halogens is 1. The Hall–Kier alpha value is -0.870. The first-order valence-corrected chi connectivity index (χ1v) is 6.93. The summed E-state index contributed by atoms with van der Waals surface area (Å²) in [5.74, 6) is 0.647. The molecule has 1 aromatic rings. The highest BCUT2D eigenvalue weighted by molar-refractivity contribution is 9.09. The molecule has 3 nitrogen and oxygen atoms in total. The summed E-state index contributed by atoms with van der Waals surface area (Å²) in [6.07, 6.45) is 0.642. The van der Waals surface area contributed by atoms with E-state index in [9.17, 15) is 4.79 Å². The number of anilines is 1. The number of nitrogens with two attached hydrogens (primary N) is 1. The largest absolute Gasteiger partial charge is 0.326 e. The molecule has 2 rings (SSSR count). The number of carbonyl (C=O) groups excluding carboxylic acids is 1. The van der Waals surface area contributed by atoms with E-state index in [-0.39, 0.29) is 5.91 Å². The SMILES string of the molecule is Cc1cc(CN)ccc1N1CC(CBr)CC1=O. The standard InChI is InChI=1S/C13H17BrN2O/c1-9-4-10(7-15)2-3-12(9)16-8-11(6-14)5-13(16)17/h2-4,11H,5-8,15H2,1H3. The molecule has 1 saturated heterocycles. The van der Waals surface area contributed by atoms with Crippen LogP contribution in [0, 0.1) is 12.8 Å². The lowest BCUT2D eigenvalue weighted by atomic mass is 10.1. The molecule has 1 atom stereocenters. The van der Waals surface area contributed by atoms with Crippen molar-refractivity contribution in [1.29, 1.82) is 0 Å². The van der Waals surface area contributed by atoms with Crippen molar-refractivity contribution in [3.8, 4) is 0 Å². The molecule has 17 heavy (non-hydrogen) atoms. The van der Waals surface area contributed by atoms with Gasteiger partial charge in [0, 0.05) is 30.5 Å². The number of hydrogen-bond acceptors (Lipinski definition) is 2. The molecule has 0 saturated carbocycles. The molecule has 2 N–H and O–H groups in total. The van der Waals surface area contributed by atoms with Gasteiger partial charge in [0.1, 0.15) is 0 Å². The predicted octanol–water partition coefficient (Wildman–Crippen LogP) is 2.20. The van der Waals surface area contributed by atoms with Gasteiger partial charge in [-0.3, -0.25) is 4.79 Å². The monoisotopic (exact) mass is 296 g/mol. The summed E-state index contributed by atoms with van der Waals surface area (Å²) in [6.45, 7) is 3.38. The van der Waals surface area contributed by atoms with Crippen LogP contribution in [0.15, 0.2) is 18.2 Å². The summed E-state index contributed by atoms with van der Waals surface area (Å²) in [5.41, 5.74) is 8.86. The summed E-state index contributed by atoms with van der Waals surface area (Å²) in [4.78, 5) is 13.8. The number of nitrogens with zero attached hydrogens (tertiary/aromatic N) is 1. The summed E-state index contributed by atoms with van der Waals surface area (Å²) < 4.78 is 0. The van der Waals surface area contributed by atoms with Gasteiger partial charge < -0.3 is 10.6 Å². The highest BCUT2D eigenvalue weighted by Gasteiger charge is 2.30. The topological polar surface area (TPSA) is 46.3 Å². The Morgan fingerprint density at radius 2 is 2.29 bits per heavy atom. The second-order valence-electron chi connectivity index (χ2n) is 4.55. The lowest BCUT2D eigenvalue weighted by Crippen LogP contribution is -2.25. The van der Waals surface area contributed by atoms with Gasteiger partial charge in [-0.15, -0.1) is 0 Å². The van der Waals surface area contributed by atoms with Crippen LogP contribution < -0.4 is 10.6 Å². The van der Waals surface area contributed by atoms with Crippen molar-refractivity contribution in [2.24, 2.45) is 11.7 Å². The molecule has 4 heteroatoms. The third-order valence-corrected chi connectivity index (χ3v) is 4.13.